The summed E-state index contributed by atoms with van der Waals surface area (Å²) in [5.74, 6) is 0.911. The van der Waals surface area contributed by atoms with Gasteiger partial charge in [0.15, 0.2) is 5.82 Å². The summed E-state index contributed by atoms with van der Waals surface area (Å²) < 4.78 is 4.89. The van der Waals surface area contributed by atoms with Gasteiger partial charge in [0.2, 0.25) is 11.8 Å². The third-order valence-electron chi connectivity index (χ3n) is 4.74. The molecule has 0 radical (unpaired) electrons. The summed E-state index contributed by atoms with van der Waals surface area (Å²) in [6.45, 7) is 3.76. The van der Waals surface area contributed by atoms with Crippen molar-refractivity contribution in [2.75, 3.05) is 32.0 Å². The number of aromatic nitrogens is 1. The number of rotatable bonds is 4. The highest BCUT2D eigenvalue weighted by Crippen LogP contribution is 2.59. The highest BCUT2D eigenvalue weighted by Gasteiger charge is 2.58. The Labute approximate surface area is 141 Å². The van der Waals surface area contributed by atoms with Crippen molar-refractivity contribution in [1.82, 2.24) is 15.4 Å². The topological polar surface area (TPSA) is 87.5 Å². The van der Waals surface area contributed by atoms with Gasteiger partial charge in [0.1, 0.15) is 5.76 Å². The highest BCUT2D eigenvalue weighted by molar-refractivity contribution is 5.94. The molecule has 1 aromatic heterocycles. The molecule has 23 heavy (non-hydrogen) atoms. The summed E-state index contributed by atoms with van der Waals surface area (Å²) in [4.78, 5) is 25.9. The van der Waals surface area contributed by atoms with E-state index >= 15 is 0 Å². The van der Waals surface area contributed by atoms with E-state index in [1.165, 1.54) is 4.90 Å². The van der Waals surface area contributed by atoms with Crippen molar-refractivity contribution in [2.24, 2.45) is 11.3 Å². The van der Waals surface area contributed by atoms with E-state index in [1.807, 2.05) is 0 Å². The van der Waals surface area contributed by atoms with Gasteiger partial charge >= 0.3 is 0 Å². The first-order valence-corrected chi connectivity index (χ1v) is 7.69. The molecular formula is C15H23ClN4O3. The normalized spacial score (nSPS) is 21.4. The smallest absolute Gasteiger partial charge is 0.245 e. The van der Waals surface area contributed by atoms with Gasteiger partial charge in [-0.1, -0.05) is 5.16 Å². The van der Waals surface area contributed by atoms with Gasteiger partial charge in [0.05, 0.1) is 6.54 Å². The molecular weight excluding hydrogens is 320 g/mol. The molecule has 2 aliphatic rings. The average Bonchev–Trinajstić information content (AvgIpc) is 3.01. The number of piperidine rings is 1. The molecule has 0 aromatic carbocycles. The predicted molar refractivity (Wildman–Crippen MR) is 87.4 cm³/mol. The van der Waals surface area contributed by atoms with Crippen LogP contribution in [0.3, 0.4) is 0 Å². The van der Waals surface area contributed by atoms with Gasteiger partial charge in [-0.15, -0.1) is 12.4 Å². The molecule has 2 amide bonds. The molecule has 1 saturated carbocycles. The lowest BCUT2D eigenvalue weighted by Crippen LogP contribution is -2.38. The van der Waals surface area contributed by atoms with Gasteiger partial charge in [-0.2, -0.15) is 0 Å². The van der Waals surface area contributed by atoms with Crippen molar-refractivity contribution in [2.45, 2.75) is 26.2 Å². The molecule has 8 heteroatoms. The fourth-order valence-electron chi connectivity index (χ4n) is 3.34. The molecule has 2 N–H and O–H groups in total. The van der Waals surface area contributed by atoms with Gasteiger partial charge < -0.3 is 20.1 Å². The SMILES string of the molecule is Cc1cc(NC(=O)CN(C)C(=O)C2CC23CCNCC3)no1.Cl. The number of nitrogens with zero attached hydrogens (tertiary/aromatic N) is 2. The van der Waals surface area contributed by atoms with E-state index in [2.05, 4.69) is 15.8 Å². The third-order valence-corrected chi connectivity index (χ3v) is 4.74. The van der Waals surface area contributed by atoms with Crippen LogP contribution in [0.2, 0.25) is 0 Å². The number of carbonyl (C=O) groups is 2. The van der Waals surface area contributed by atoms with E-state index in [0.29, 0.717) is 11.6 Å². The van der Waals surface area contributed by atoms with E-state index in [4.69, 9.17) is 4.52 Å². The second-order valence-corrected chi connectivity index (χ2v) is 6.43. The quantitative estimate of drug-likeness (QED) is 0.858. The Balaban J connectivity index is 0.00000192. The van der Waals surface area contributed by atoms with E-state index in [-0.39, 0.29) is 42.1 Å². The van der Waals surface area contributed by atoms with Crippen molar-refractivity contribution in [1.29, 1.82) is 0 Å². The lowest BCUT2D eigenvalue weighted by atomic mass is 9.91. The van der Waals surface area contributed by atoms with Crippen molar-refractivity contribution < 1.29 is 14.1 Å². The zero-order chi connectivity index (χ0) is 15.7. The second kappa shape index (κ2) is 6.88. The van der Waals surface area contributed by atoms with E-state index in [9.17, 15) is 9.59 Å². The number of carbonyl (C=O) groups excluding carboxylic acids is 2. The van der Waals surface area contributed by atoms with Crippen LogP contribution in [-0.2, 0) is 9.59 Å². The van der Waals surface area contributed by atoms with Crippen molar-refractivity contribution in [3.63, 3.8) is 0 Å². The molecule has 1 aliphatic carbocycles. The minimum atomic E-state index is -0.260. The largest absolute Gasteiger partial charge is 0.360 e. The fraction of sp³-hybridized carbons (Fsp3) is 0.667. The Morgan fingerprint density at radius 3 is 2.78 bits per heavy atom. The zero-order valence-electron chi connectivity index (χ0n) is 13.4. The molecule has 1 spiro atoms. The number of hydrogen-bond donors (Lipinski definition) is 2. The van der Waals surface area contributed by atoms with E-state index in [0.717, 1.165) is 32.4 Å². The number of halogens is 1. The van der Waals surface area contributed by atoms with Crippen molar-refractivity contribution in [3.05, 3.63) is 11.8 Å². The minimum absolute atomic E-state index is 0. The van der Waals surface area contributed by atoms with E-state index in [1.54, 1.807) is 20.0 Å². The summed E-state index contributed by atoms with van der Waals surface area (Å²) in [5, 5.41) is 9.66. The van der Waals surface area contributed by atoms with Gasteiger partial charge in [0, 0.05) is 19.0 Å². The van der Waals surface area contributed by atoms with E-state index < -0.39 is 0 Å². The Morgan fingerprint density at radius 1 is 1.48 bits per heavy atom. The van der Waals surface area contributed by atoms with Gasteiger partial charge in [-0.3, -0.25) is 9.59 Å². The molecule has 1 aliphatic heterocycles. The van der Waals surface area contributed by atoms with Crippen LogP contribution in [0.25, 0.3) is 0 Å². The minimum Gasteiger partial charge on any atom is -0.360 e. The van der Waals surface area contributed by atoms with Crippen LogP contribution in [0.5, 0.6) is 0 Å². The average molecular weight is 343 g/mol. The van der Waals surface area contributed by atoms with Gasteiger partial charge in [-0.05, 0) is 44.7 Å². The Morgan fingerprint density at radius 2 is 2.17 bits per heavy atom. The molecule has 3 rings (SSSR count). The summed E-state index contributed by atoms with van der Waals surface area (Å²) in [5.41, 5.74) is 0.191. The van der Waals surface area contributed by atoms with Crippen LogP contribution in [0, 0.1) is 18.3 Å². The summed E-state index contributed by atoms with van der Waals surface area (Å²) >= 11 is 0. The van der Waals surface area contributed by atoms with Gasteiger partial charge in [0.25, 0.3) is 0 Å². The van der Waals surface area contributed by atoms with Crippen LogP contribution in [0.4, 0.5) is 5.82 Å². The van der Waals surface area contributed by atoms with Crippen LogP contribution >= 0.6 is 12.4 Å². The maximum absolute atomic E-state index is 12.5. The molecule has 1 unspecified atom stereocenters. The van der Waals surface area contributed by atoms with Crippen LogP contribution in [-0.4, -0.2) is 48.6 Å². The lowest BCUT2D eigenvalue weighted by Gasteiger charge is -2.24. The maximum atomic E-state index is 12.5. The molecule has 128 valence electrons. The number of aryl methyl sites for hydroxylation is 1. The number of nitrogens with one attached hydrogen (secondary N) is 2. The predicted octanol–water partition coefficient (Wildman–Crippen LogP) is 1.19. The van der Waals surface area contributed by atoms with Gasteiger partial charge in [-0.25, -0.2) is 0 Å². The Kier molecular flexibility index (Phi) is 5.31. The Hall–Kier alpha value is -1.60. The zero-order valence-corrected chi connectivity index (χ0v) is 14.2. The molecule has 1 aromatic rings. The van der Waals surface area contributed by atoms with Crippen LogP contribution in [0.15, 0.2) is 10.6 Å². The standard InChI is InChI=1S/C15H22N4O3.ClH/c1-10-7-12(18-22-10)17-13(20)9-19(2)14(21)11-8-15(11)3-5-16-6-4-15;/h7,11,16H,3-6,8-9H2,1-2H3,(H,17,18,20);1H. The van der Waals surface area contributed by atoms with Crippen LogP contribution < -0.4 is 10.6 Å². The second-order valence-electron chi connectivity index (χ2n) is 6.43. The number of likely N-dealkylation sites (N-methyl/N-ethyl adjacent to an activating group) is 1. The van der Waals surface area contributed by atoms with Crippen molar-refractivity contribution in [3.8, 4) is 0 Å². The summed E-state index contributed by atoms with van der Waals surface area (Å²) in [6, 6.07) is 1.64. The molecule has 7 nitrogen and oxygen atoms in total. The molecule has 1 saturated heterocycles. The number of hydrogen-bond acceptors (Lipinski definition) is 5. The lowest BCUT2D eigenvalue weighted by molar-refractivity contribution is -0.135. The number of amides is 2. The fourth-order valence-corrected chi connectivity index (χ4v) is 3.34. The Bertz CT molecular complexity index is 583. The molecule has 2 fully saturated rings. The maximum Gasteiger partial charge on any atom is 0.245 e. The first kappa shape index (κ1) is 17.7. The number of anilines is 1. The molecule has 2 heterocycles. The monoisotopic (exact) mass is 342 g/mol. The highest BCUT2D eigenvalue weighted by atomic mass is 35.5. The molecule has 0 bridgehead atoms. The summed E-state index contributed by atoms with van der Waals surface area (Å²) in [7, 11) is 1.68. The van der Waals surface area contributed by atoms with Crippen LogP contribution in [0.1, 0.15) is 25.0 Å². The van der Waals surface area contributed by atoms with Crippen molar-refractivity contribution >= 4 is 30.0 Å². The first-order chi connectivity index (χ1) is 10.5. The third kappa shape index (κ3) is 3.84. The first-order valence-electron chi connectivity index (χ1n) is 7.69. The summed E-state index contributed by atoms with van der Waals surface area (Å²) in [6.07, 6.45) is 3.07. The molecule has 1 atom stereocenters.